The van der Waals surface area contributed by atoms with Crippen molar-refractivity contribution in [3.05, 3.63) is 34.6 Å². The number of alkyl halides is 1. The van der Waals surface area contributed by atoms with Gasteiger partial charge in [-0.05, 0) is 19.1 Å². The van der Waals surface area contributed by atoms with Gasteiger partial charge >= 0.3 is 0 Å². The van der Waals surface area contributed by atoms with Crippen molar-refractivity contribution < 1.29 is 0 Å². The Labute approximate surface area is 111 Å². The molecule has 0 aliphatic rings. The maximum atomic E-state index is 4.23. The van der Waals surface area contributed by atoms with Gasteiger partial charge in [0, 0.05) is 16.6 Å². The second-order valence-corrected chi connectivity index (χ2v) is 4.80. The molecule has 3 nitrogen and oxygen atoms in total. The zero-order chi connectivity index (χ0) is 11.5. The van der Waals surface area contributed by atoms with Crippen molar-refractivity contribution in [2.24, 2.45) is 0 Å². The van der Waals surface area contributed by atoms with Crippen LogP contribution < -0.4 is 0 Å². The summed E-state index contributed by atoms with van der Waals surface area (Å²) >= 11 is 6.88. The minimum absolute atomic E-state index is 0.724. The molecule has 0 bridgehead atoms. The van der Waals surface area contributed by atoms with Gasteiger partial charge in [-0.2, -0.15) is 0 Å². The first-order chi connectivity index (χ1) is 7.76. The van der Waals surface area contributed by atoms with Crippen LogP contribution in [0.3, 0.4) is 0 Å². The molecule has 0 amide bonds. The van der Waals surface area contributed by atoms with E-state index < -0.39 is 0 Å². The molecule has 0 aliphatic carbocycles. The van der Waals surface area contributed by atoms with Gasteiger partial charge in [-0.15, -0.1) is 10.2 Å². The highest BCUT2D eigenvalue weighted by molar-refractivity contribution is 9.10. The first-order valence-corrected chi connectivity index (χ1v) is 6.91. The number of benzene rings is 1. The molecule has 0 aliphatic heterocycles. The summed E-state index contributed by atoms with van der Waals surface area (Å²) in [7, 11) is 0. The third-order valence-corrected chi connectivity index (χ3v) is 3.34. The van der Waals surface area contributed by atoms with Crippen molar-refractivity contribution in [1.29, 1.82) is 0 Å². The van der Waals surface area contributed by atoms with Gasteiger partial charge in [-0.3, -0.25) is 0 Å². The van der Waals surface area contributed by atoms with E-state index in [2.05, 4.69) is 53.5 Å². The van der Waals surface area contributed by atoms with Crippen LogP contribution in [0.5, 0.6) is 0 Å². The molecule has 1 aromatic heterocycles. The van der Waals surface area contributed by atoms with Crippen molar-refractivity contribution in [3.63, 3.8) is 0 Å². The third-order valence-electron chi connectivity index (χ3n) is 2.35. The molecule has 0 unspecified atom stereocenters. The van der Waals surface area contributed by atoms with Crippen LogP contribution in [0.2, 0.25) is 0 Å². The Morgan fingerprint density at radius 3 is 2.75 bits per heavy atom. The lowest BCUT2D eigenvalue weighted by atomic mass is 10.2. The Bertz CT molecular complexity index is 494. The maximum absolute atomic E-state index is 4.23. The summed E-state index contributed by atoms with van der Waals surface area (Å²) in [6.07, 6.45) is 0. The molecule has 0 saturated carbocycles. The molecule has 0 radical (unpaired) electrons. The topological polar surface area (TPSA) is 30.7 Å². The molecule has 0 saturated heterocycles. The largest absolute Gasteiger partial charge is 0.311 e. The molecule has 0 spiro atoms. The molecule has 5 heteroatoms. The van der Waals surface area contributed by atoms with Crippen LogP contribution in [0, 0.1) is 0 Å². The van der Waals surface area contributed by atoms with Crippen LogP contribution in [0.15, 0.2) is 28.7 Å². The summed E-state index contributed by atoms with van der Waals surface area (Å²) < 4.78 is 3.16. The van der Waals surface area contributed by atoms with Gasteiger partial charge in [0.15, 0.2) is 5.82 Å². The van der Waals surface area contributed by atoms with Crippen LogP contribution in [0.25, 0.3) is 11.4 Å². The zero-order valence-electron chi connectivity index (χ0n) is 8.82. The summed E-state index contributed by atoms with van der Waals surface area (Å²) in [5.41, 5.74) is 1.08. The fourth-order valence-corrected chi connectivity index (χ4v) is 2.42. The van der Waals surface area contributed by atoms with E-state index in [1.165, 1.54) is 0 Å². The Kier molecular flexibility index (Phi) is 3.76. The number of aromatic nitrogens is 3. The molecule has 16 heavy (non-hydrogen) atoms. The second-order valence-electron chi connectivity index (χ2n) is 3.33. The lowest BCUT2D eigenvalue weighted by molar-refractivity contribution is 0.733. The number of hydrogen-bond acceptors (Lipinski definition) is 2. The summed E-state index contributed by atoms with van der Waals surface area (Å²) in [5.74, 6) is 1.87. The number of nitrogens with zero attached hydrogens (tertiary/aromatic N) is 3. The summed E-state index contributed by atoms with van der Waals surface area (Å²) in [6.45, 7) is 2.97. The number of hydrogen-bond donors (Lipinski definition) is 0. The molecule has 2 rings (SSSR count). The van der Waals surface area contributed by atoms with Crippen LogP contribution in [0.4, 0.5) is 0 Å². The molecule has 0 N–H and O–H groups in total. The zero-order valence-corrected chi connectivity index (χ0v) is 12.0. The lowest BCUT2D eigenvalue weighted by Crippen LogP contribution is -2.01. The van der Waals surface area contributed by atoms with Crippen LogP contribution in [-0.4, -0.2) is 14.8 Å². The monoisotopic (exact) mass is 343 g/mol. The molecule has 1 heterocycles. The predicted octanol–water partition coefficient (Wildman–Crippen LogP) is 3.62. The molecular formula is C11H11Br2N3. The van der Waals surface area contributed by atoms with Crippen molar-refractivity contribution in [1.82, 2.24) is 14.8 Å². The summed E-state index contributed by atoms with van der Waals surface area (Å²) in [5, 5.41) is 9.12. The molecular weight excluding hydrogens is 334 g/mol. The Morgan fingerprint density at radius 1 is 1.31 bits per heavy atom. The summed E-state index contributed by atoms with van der Waals surface area (Å²) in [6, 6.07) is 8.09. The Balaban J connectivity index is 2.51. The predicted molar refractivity (Wildman–Crippen MR) is 71.5 cm³/mol. The smallest absolute Gasteiger partial charge is 0.164 e. The fourth-order valence-electron chi connectivity index (χ4n) is 1.61. The molecule has 2 aromatic rings. The van der Waals surface area contributed by atoms with E-state index in [1.807, 2.05) is 24.3 Å². The molecule has 1 aromatic carbocycles. The quantitative estimate of drug-likeness (QED) is 0.796. The van der Waals surface area contributed by atoms with Crippen LogP contribution in [0.1, 0.15) is 12.7 Å². The average Bonchev–Trinajstić information content (AvgIpc) is 2.71. The average molecular weight is 345 g/mol. The van der Waals surface area contributed by atoms with Gasteiger partial charge < -0.3 is 4.57 Å². The van der Waals surface area contributed by atoms with Crippen molar-refractivity contribution in [2.75, 3.05) is 0 Å². The van der Waals surface area contributed by atoms with E-state index in [0.717, 1.165) is 33.6 Å². The van der Waals surface area contributed by atoms with Crippen molar-refractivity contribution in [3.8, 4) is 11.4 Å². The van der Waals surface area contributed by atoms with Gasteiger partial charge in [0.25, 0.3) is 0 Å². The lowest BCUT2D eigenvalue weighted by Gasteiger charge is -2.06. The van der Waals surface area contributed by atoms with E-state index in [-0.39, 0.29) is 0 Å². The van der Waals surface area contributed by atoms with Gasteiger partial charge in [-0.1, -0.05) is 44.0 Å². The van der Waals surface area contributed by atoms with Crippen LogP contribution >= 0.6 is 31.9 Å². The minimum atomic E-state index is 0.724. The number of rotatable bonds is 3. The minimum Gasteiger partial charge on any atom is -0.311 e. The first-order valence-electron chi connectivity index (χ1n) is 5.00. The van der Waals surface area contributed by atoms with Gasteiger partial charge in [0.05, 0.1) is 5.33 Å². The van der Waals surface area contributed by atoms with Gasteiger partial charge in [0.2, 0.25) is 0 Å². The van der Waals surface area contributed by atoms with Crippen LogP contribution in [-0.2, 0) is 11.9 Å². The van der Waals surface area contributed by atoms with Crippen molar-refractivity contribution in [2.45, 2.75) is 18.8 Å². The van der Waals surface area contributed by atoms with E-state index in [9.17, 15) is 0 Å². The number of halogens is 2. The third kappa shape index (κ3) is 2.20. The Morgan fingerprint density at radius 2 is 2.12 bits per heavy atom. The summed E-state index contributed by atoms with van der Waals surface area (Å²) in [4.78, 5) is 0. The highest BCUT2D eigenvalue weighted by Crippen LogP contribution is 2.22. The van der Waals surface area contributed by atoms with Gasteiger partial charge in [0.1, 0.15) is 5.82 Å². The molecule has 0 fully saturated rings. The molecule has 84 valence electrons. The second kappa shape index (κ2) is 5.10. The normalized spacial score (nSPS) is 10.7. The van der Waals surface area contributed by atoms with Crippen molar-refractivity contribution >= 4 is 31.9 Å². The van der Waals surface area contributed by atoms with E-state index in [0.29, 0.717) is 0 Å². The SMILES string of the molecule is CCn1c(CBr)nnc1-c1cccc(Br)c1. The molecule has 0 atom stereocenters. The fraction of sp³-hybridized carbons (Fsp3) is 0.273. The standard InChI is InChI=1S/C11H11Br2N3/c1-2-16-10(7-12)14-15-11(16)8-4-3-5-9(13)6-8/h3-6H,2,7H2,1H3. The Hall–Kier alpha value is -0.680. The van der Waals surface area contributed by atoms with Gasteiger partial charge in [-0.25, -0.2) is 0 Å². The highest BCUT2D eigenvalue weighted by atomic mass is 79.9. The maximum Gasteiger partial charge on any atom is 0.164 e. The van der Waals surface area contributed by atoms with E-state index in [4.69, 9.17) is 0 Å². The highest BCUT2D eigenvalue weighted by Gasteiger charge is 2.11. The van der Waals surface area contributed by atoms with E-state index in [1.54, 1.807) is 0 Å². The van der Waals surface area contributed by atoms with E-state index >= 15 is 0 Å². The first kappa shape index (κ1) is 11.8.